The first-order valence-corrected chi connectivity index (χ1v) is 8.45. The molecule has 0 bridgehead atoms. The number of carbonyl (C=O) groups excluding carboxylic acids is 1. The first-order valence-electron chi connectivity index (χ1n) is 8.45. The zero-order chi connectivity index (χ0) is 16.9. The third-order valence-corrected chi connectivity index (χ3v) is 4.68. The molecule has 2 atom stereocenters. The van der Waals surface area contributed by atoms with Crippen LogP contribution in [0.1, 0.15) is 42.2 Å². The van der Waals surface area contributed by atoms with Crippen LogP contribution in [0.2, 0.25) is 6.82 Å². The number of pyridine rings is 1. The fourth-order valence-corrected chi connectivity index (χ4v) is 3.49. The molecule has 1 fully saturated rings. The molecule has 2 aromatic rings. The molecule has 1 saturated heterocycles. The van der Waals surface area contributed by atoms with Crippen molar-refractivity contribution in [1.82, 2.24) is 9.88 Å². The fraction of sp³-hybridized carbons (Fsp3) is 0.368. The van der Waals surface area contributed by atoms with Gasteiger partial charge in [-0.1, -0.05) is 25.0 Å². The van der Waals surface area contributed by atoms with Crippen LogP contribution in [0, 0.1) is 5.82 Å². The molecule has 1 radical (unpaired) electrons. The molecule has 3 rings (SSSR count). The molecule has 0 aliphatic carbocycles. The Kier molecular flexibility index (Phi) is 5.29. The van der Waals surface area contributed by atoms with Crippen molar-refractivity contribution in [1.29, 1.82) is 0 Å². The summed E-state index contributed by atoms with van der Waals surface area (Å²) in [6.45, 7) is 2.74. The third kappa shape index (κ3) is 3.50. The maximum Gasteiger partial charge on any atom is 0.223 e. The van der Waals surface area contributed by atoms with Gasteiger partial charge in [-0.2, -0.15) is 0 Å². The van der Waals surface area contributed by atoms with Crippen molar-refractivity contribution in [2.24, 2.45) is 0 Å². The lowest BCUT2D eigenvalue weighted by atomic mass is 9.59. The summed E-state index contributed by atoms with van der Waals surface area (Å²) in [7, 11) is 2.10. The normalized spacial score (nSPS) is 17.4. The predicted octanol–water partition coefficient (Wildman–Crippen LogP) is 3.77. The zero-order valence-corrected chi connectivity index (χ0v) is 13.9. The van der Waals surface area contributed by atoms with Crippen LogP contribution in [-0.4, -0.2) is 29.6 Å². The molecule has 123 valence electrons. The highest BCUT2D eigenvalue weighted by atomic mass is 19.1. The first kappa shape index (κ1) is 16.7. The minimum absolute atomic E-state index is 0.0196. The predicted molar refractivity (Wildman–Crippen MR) is 93.3 cm³/mol. The summed E-state index contributed by atoms with van der Waals surface area (Å²) in [6, 6.07) is 10.3. The van der Waals surface area contributed by atoms with E-state index in [2.05, 4.69) is 12.3 Å². The van der Waals surface area contributed by atoms with Crippen molar-refractivity contribution < 1.29 is 9.18 Å². The number of aromatic nitrogens is 1. The van der Waals surface area contributed by atoms with Gasteiger partial charge < -0.3 is 4.90 Å². The first-order chi connectivity index (χ1) is 11.7. The molecular weight excluding hydrogens is 302 g/mol. The number of halogens is 1. The minimum atomic E-state index is -0.263. The van der Waals surface area contributed by atoms with E-state index in [0.29, 0.717) is 6.42 Å². The van der Waals surface area contributed by atoms with Gasteiger partial charge in [0, 0.05) is 25.4 Å². The highest BCUT2D eigenvalue weighted by Crippen LogP contribution is 2.37. The number of hydrogen-bond acceptors (Lipinski definition) is 2. The SMILES string of the molecule is C[B]C(c1cccnc1)[C@H](c1ccc(F)cc1)N1CCCCC1=O. The Morgan fingerprint density at radius 1 is 1.17 bits per heavy atom. The van der Waals surface area contributed by atoms with Crippen LogP contribution in [0.4, 0.5) is 4.39 Å². The monoisotopic (exact) mass is 323 g/mol. The van der Waals surface area contributed by atoms with Gasteiger partial charge in [-0.3, -0.25) is 9.78 Å². The molecule has 1 unspecified atom stereocenters. The standard InChI is InChI=1S/C19H21BFN2O/c1-20-18(15-5-4-11-22-13-15)19(14-7-9-16(21)10-8-14)23-12-3-2-6-17(23)24/h4-5,7-11,13,18-19H,2-3,6,12H2,1H3/t18?,19-/m0/s1. The number of benzene rings is 1. The lowest BCUT2D eigenvalue weighted by molar-refractivity contribution is -0.136. The van der Waals surface area contributed by atoms with E-state index < -0.39 is 0 Å². The van der Waals surface area contributed by atoms with Crippen molar-refractivity contribution in [3.63, 3.8) is 0 Å². The van der Waals surface area contributed by atoms with Gasteiger partial charge in [-0.25, -0.2) is 4.39 Å². The van der Waals surface area contributed by atoms with Crippen LogP contribution in [0.15, 0.2) is 48.8 Å². The summed E-state index contributed by atoms with van der Waals surface area (Å²) in [5, 5.41) is 0. The van der Waals surface area contributed by atoms with E-state index in [9.17, 15) is 9.18 Å². The molecule has 1 aliphatic heterocycles. The second-order valence-corrected chi connectivity index (χ2v) is 6.19. The maximum absolute atomic E-state index is 13.4. The van der Waals surface area contributed by atoms with Crippen LogP contribution in [0.25, 0.3) is 0 Å². The van der Waals surface area contributed by atoms with E-state index in [-0.39, 0.29) is 23.6 Å². The largest absolute Gasteiger partial charge is 0.336 e. The van der Waals surface area contributed by atoms with Crippen molar-refractivity contribution in [2.75, 3.05) is 6.54 Å². The molecule has 1 aromatic heterocycles. The molecule has 1 aromatic carbocycles. The van der Waals surface area contributed by atoms with Crippen LogP contribution in [0.3, 0.4) is 0 Å². The van der Waals surface area contributed by atoms with E-state index in [1.165, 1.54) is 12.1 Å². The summed E-state index contributed by atoms with van der Waals surface area (Å²) in [6.07, 6.45) is 6.12. The number of amides is 1. The van der Waals surface area contributed by atoms with Gasteiger partial charge in [0.2, 0.25) is 5.91 Å². The minimum Gasteiger partial charge on any atom is -0.336 e. The van der Waals surface area contributed by atoms with Gasteiger partial charge in [-0.15, -0.1) is 0 Å². The molecule has 24 heavy (non-hydrogen) atoms. The maximum atomic E-state index is 13.4. The Labute approximate surface area is 143 Å². The smallest absolute Gasteiger partial charge is 0.223 e. The Bertz CT molecular complexity index is 678. The lowest BCUT2D eigenvalue weighted by Crippen LogP contribution is -2.42. The number of nitrogens with zero attached hydrogens (tertiary/aromatic N) is 2. The van der Waals surface area contributed by atoms with Crippen molar-refractivity contribution in [3.8, 4) is 0 Å². The number of hydrogen-bond donors (Lipinski definition) is 0. The average molecular weight is 323 g/mol. The van der Waals surface area contributed by atoms with Gasteiger partial charge in [0.05, 0.1) is 6.04 Å². The van der Waals surface area contributed by atoms with Crippen molar-refractivity contribution in [3.05, 3.63) is 65.7 Å². The van der Waals surface area contributed by atoms with Gasteiger partial charge in [0.15, 0.2) is 0 Å². The summed E-state index contributed by atoms with van der Waals surface area (Å²) >= 11 is 0. The zero-order valence-electron chi connectivity index (χ0n) is 13.9. The molecule has 0 N–H and O–H groups in total. The van der Waals surface area contributed by atoms with E-state index in [1.54, 1.807) is 18.3 Å². The van der Waals surface area contributed by atoms with E-state index in [1.807, 2.05) is 30.1 Å². The highest BCUT2D eigenvalue weighted by Gasteiger charge is 2.33. The summed E-state index contributed by atoms with van der Waals surface area (Å²) in [5.41, 5.74) is 2.02. The second kappa shape index (κ2) is 7.60. The summed E-state index contributed by atoms with van der Waals surface area (Å²) < 4.78 is 13.4. The molecule has 1 amide bonds. The molecule has 0 saturated carbocycles. The van der Waals surface area contributed by atoms with E-state index in [4.69, 9.17) is 0 Å². The van der Waals surface area contributed by atoms with Gasteiger partial charge >= 0.3 is 0 Å². The Morgan fingerprint density at radius 2 is 1.96 bits per heavy atom. The van der Waals surface area contributed by atoms with Gasteiger partial charge in [-0.05, 0) is 48.0 Å². The third-order valence-electron chi connectivity index (χ3n) is 4.68. The van der Waals surface area contributed by atoms with Crippen molar-refractivity contribution >= 4 is 13.2 Å². The molecule has 1 aliphatic rings. The van der Waals surface area contributed by atoms with Gasteiger partial charge in [0.25, 0.3) is 0 Å². The Hall–Kier alpha value is -2.17. The number of carbonyl (C=O) groups is 1. The molecule has 5 heteroatoms. The van der Waals surface area contributed by atoms with Gasteiger partial charge in [0.1, 0.15) is 13.1 Å². The summed E-state index contributed by atoms with van der Waals surface area (Å²) in [4.78, 5) is 18.7. The fourth-order valence-electron chi connectivity index (χ4n) is 3.49. The number of rotatable bonds is 5. The Balaban J connectivity index is 2.03. The molecule has 3 nitrogen and oxygen atoms in total. The lowest BCUT2D eigenvalue weighted by Gasteiger charge is -2.39. The van der Waals surface area contributed by atoms with Crippen LogP contribution in [0.5, 0.6) is 0 Å². The van der Waals surface area contributed by atoms with Crippen LogP contribution < -0.4 is 0 Å². The second-order valence-electron chi connectivity index (χ2n) is 6.19. The highest BCUT2D eigenvalue weighted by molar-refractivity contribution is 6.36. The summed E-state index contributed by atoms with van der Waals surface area (Å²) in [5.74, 6) is -0.0709. The van der Waals surface area contributed by atoms with Crippen LogP contribution >= 0.6 is 0 Å². The molecule has 2 heterocycles. The molecule has 0 spiro atoms. The average Bonchev–Trinajstić information content (AvgIpc) is 2.62. The van der Waals surface area contributed by atoms with E-state index >= 15 is 0 Å². The van der Waals surface area contributed by atoms with Crippen LogP contribution in [-0.2, 0) is 4.79 Å². The Morgan fingerprint density at radius 3 is 2.58 bits per heavy atom. The number of likely N-dealkylation sites (tertiary alicyclic amines) is 1. The van der Waals surface area contributed by atoms with Crippen molar-refractivity contribution in [2.45, 2.75) is 37.9 Å². The topological polar surface area (TPSA) is 33.2 Å². The quantitative estimate of drug-likeness (QED) is 0.785. The van der Waals surface area contributed by atoms with E-state index in [0.717, 1.165) is 30.5 Å². The molecular formula is C19H21BFN2O. The number of piperidine rings is 1.